The van der Waals surface area contributed by atoms with Crippen molar-refractivity contribution in [2.75, 3.05) is 6.54 Å². The van der Waals surface area contributed by atoms with Crippen molar-refractivity contribution in [3.8, 4) is 0 Å². The summed E-state index contributed by atoms with van der Waals surface area (Å²) in [5.74, 6) is 0. The Morgan fingerprint density at radius 2 is 1.95 bits per heavy atom. The number of benzene rings is 2. The van der Waals surface area contributed by atoms with E-state index in [0.29, 0.717) is 6.54 Å². The van der Waals surface area contributed by atoms with E-state index in [2.05, 4.69) is 17.0 Å². The molecule has 0 saturated heterocycles. The van der Waals surface area contributed by atoms with Gasteiger partial charge in [-0.2, -0.15) is 0 Å². The summed E-state index contributed by atoms with van der Waals surface area (Å²) in [5, 5.41) is 1.57. The first-order valence-corrected chi connectivity index (χ1v) is 7.40. The molecule has 0 aliphatic carbocycles. The average molecular weight is 307 g/mol. The minimum atomic E-state index is 0.208. The summed E-state index contributed by atoms with van der Waals surface area (Å²) < 4.78 is 0. The first-order chi connectivity index (χ1) is 9.69. The molecule has 0 spiro atoms. The molecule has 2 N–H and O–H groups in total. The molecule has 2 nitrogen and oxygen atoms in total. The van der Waals surface area contributed by atoms with Gasteiger partial charge in [0, 0.05) is 35.7 Å². The Morgan fingerprint density at radius 1 is 1.15 bits per heavy atom. The number of nitrogens with two attached hydrogens (primary N) is 1. The molecule has 0 aromatic heterocycles. The Hall–Kier alpha value is -1.06. The largest absolute Gasteiger partial charge is 0.329 e. The molecular formula is C16H16Cl2N2. The summed E-state index contributed by atoms with van der Waals surface area (Å²) >= 11 is 12.3. The zero-order valence-electron chi connectivity index (χ0n) is 11.0. The highest BCUT2D eigenvalue weighted by Crippen LogP contribution is 2.36. The van der Waals surface area contributed by atoms with E-state index in [9.17, 15) is 0 Å². The molecule has 0 radical (unpaired) electrons. The van der Waals surface area contributed by atoms with Gasteiger partial charge in [0.05, 0.1) is 0 Å². The lowest BCUT2D eigenvalue weighted by atomic mass is 10.1. The molecule has 1 unspecified atom stereocenters. The van der Waals surface area contributed by atoms with Crippen LogP contribution < -0.4 is 5.73 Å². The molecule has 104 valence electrons. The third-order valence-corrected chi connectivity index (χ3v) is 4.44. The number of fused-ring (bicyclic) bond motifs is 1. The molecule has 0 saturated carbocycles. The lowest BCUT2D eigenvalue weighted by Gasteiger charge is -2.24. The minimum absolute atomic E-state index is 0.208. The molecule has 4 heteroatoms. The van der Waals surface area contributed by atoms with Gasteiger partial charge in [0.2, 0.25) is 0 Å². The van der Waals surface area contributed by atoms with Gasteiger partial charge in [0.25, 0.3) is 0 Å². The first kappa shape index (κ1) is 13.9. The summed E-state index contributed by atoms with van der Waals surface area (Å²) in [6, 6.07) is 14.2. The maximum absolute atomic E-state index is 6.25. The first-order valence-electron chi connectivity index (χ1n) is 6.65. The predicted octanol–water partition coefficient (Wildman–Crippen LogP) is 4.01. The SMILES string of the molecule is NCC1c2cc(Cl)ccc2CN1Cc1ccccc1Cl. The van der Waals surface area contributed by atoms with Gasteiger partial charge in [-0.05, 0) is 34.9 Å². The predicted molar refractivity (Wildman–Crippen MR) is 83.9 cm³/mol. The second-order valence-corrected chi connectivity index (χ2v) is 5.93. The quantitative estimate of drug-likeness (QED) is 0.928. The van der Waals surface area contributed by atoms with Crippen molar-refractivity contribution in [1.82, 2.24) is 4.90 Å². The molecule has 0 amide bonds. The molecule has 2 aromatic rings. The van der Waals surface area contributed by atoms with E-state index in [1.165, 1.54) is 11.1 Å². The highest BCUT2D eigenvalue weighted by Gasteiger charge is 2.29. The monoisotopic (exact) mass is 306 g/mol. The molecule has 20 heavy (non-hydrogen) atoms. The van der Waals surface area contributed by atoms with Crippen molar-refractivity contribution in [2.45, 2.75) is 19.1 Å². The van der Waals surface area contributed by atoms with Gasteiger partial charge >= 0.3 is 0 Å². The number of hydrogen-bond donors (Lipinski definition) is 1. The number of halogens is 2. The zero-order chi connectivity index (χ0) is 14.1. The molecule has 1 heterocycles. The van der Waals surface area contributed by atoms with Crippen LogP contribution in [0.15, 0.2) is 42.5 Å². The van der Waals surface area contributed by atoms with Crippen LogP contribution in [0.5, 0.6) is 0 Å². The summed E-state index contributed by atoms with van der Waals surface area (Å²) in [6.07, 6.45) is 0. The van der Waals surface area contributed by atoms with Crippen LogP contribution in [0.3, 0.4) is 0 Å². The van der Waals surface area contributed by atoms with E-state index in [1.54, 1.807) is 0 Å². The molecule has 0 bridgehead atoms. The van der Waals surface area contributed by atoms with Gasteiger partial charge in [0.1, 0.15) is 0 Å². The van der Waals surface area contributed by atoms with Crippen LogP contribution in [0, 0.1) is 0 Å². The van der Waals surface area contributed by atoms with E-state index in [4.69, 9.17) is 28.9 Å². The van der Waals surface area contributed by atoms with Crippen molar-refractivity contribution in [3.05, 3.63) is 69.2 Å². The normalized spacial score (nSPS) is 18.2. The van der Waals surface area contributed by atoms with E-state index < -0.39 is 0 Å². The van der Waals surface area contributed by atoms with Gasteiger partial charge in [-0.1, -0.05) is 47.5 Å². The van der Waals surface area contributed by atoms with Crippen molar-refractivity contribution < 1.29 is 0 Å². The molecular weight excluding hydrogens is 291 g/mol. The molecule has 1 aliphatic rings. The Balaban J connectivity index is 1.88. The van der Waals surface area contributed by atoms with E-state index in [0.717, 1.165) is 28.7 Å². The highest BCUT2D eigenvalue weighted by atomic mass is 35.5. The fourth-order valence-electron chi connectivity index (χ4n) is 2.83. The fraction of sp³-hybridized carbons (Fsp3) is 0.250. The van der Waals surface area contributed by atoms with Crippen molar-refractivity contribution in [1.29, 1.82) is 0 Å². The summed E-state index contributed by atoms with van der Waals surface area (Å²) in [4.78, 5) is 2.35. The Morgan fingerprint density at radius 3 is 2.70 bits per heavy atom. The van der Waals surface area contributed by atoms with Crippen LogP contribution in [-0.2, 0) is 13.1 Å². The van der Waals surface area contributed by atoms with Crippen LogP contribution in [0.4, 0.5) is 0 Å². The Kier molecular flexibility index (Phi) is 3.99. The Bertz CT molecular complexity index is 628. The van der Waals surface area contributed by atoms with E-state index in [-0.39, 0.29) is 6.04 Å². The van der Waals surface area contributed by atoms with Gasteiger partial charge in [0.15, 0.2) is 0 Å². The van der Waals surface area contributed by atoms with Crippen LogP contribution in [0.2, 0.25) is 10.0 Å². The van der Waals surface area contributed by atoms with Crippen molar-refractivity contribution >= 4 is 23.2 Å². The number of hydrogen-bond acceptors (Lipinski definition) is 2. The summed E-state index contributed by atoms with van der Waals surface area (Å²) in [6.45, 7) is 2.27. The second-order valence-electron chi connectivity index (χ2n) is 5.09. The maximum atomic E-state index is 6.25. The summed E-state index contributed by atoms with van der Waals surface area (Å²) in [5.41, 5.74) is 9.64. The van der Waals surface area contributed by atoms with E-state index >= 15 is 0 Å². The second kappa shape index (κ2) is 5.74. The van der Waals surface area contributed by atoms with Gasteiger partial charge in [-0.3, -0.25) is 4.90 Å². The van der Waals surface area contributed by atoms with Crippen LogP contribution >= 0.6 is 23.2 Å². The third kappa shape index (κ3) is 2.57. The summed E-state index contributed by atoms with van der Waals surface area (Å²) in [7, 11) is 0. The lowest BCUT2D eigenvalue weighted by Crippen LogP contribution is -2.27. The minimum Gasteiger partial charge on any atom is -0.329 e. The molecule has 3 rings (SSSR count). The maximum Gasteiger partial charge on any atom is 0.0481 e. The third-order valence-electron chi connectivity index (χ3n) is 3.84. The fourth-order valence-corrected chi connectivity index (χ4v) is 3.21. The molecule has 0 fully saturated rings. The lowest BCUT2D eigenvalue weighted by molar-refractivity contribution is 0.211. The van der Waals surface area contributed by atoms with Crippen LogP contribution in [0.1, 0.15) is 22.7 Å². The Labute approximate surface area is 129 Å². The zero-order valence-corrected chi connectivity index (χ0v) is 12.5. The van der Waals surface area contributed by atoms with Gasteiger partial charge in [-0.15, -0.1) is 0 Å². The van der Waals surface area contributed by atoms with Crippen LogP contribution in [0.25, 0.3) is 0 Å². The van der Waals surface area contributed by atoms with Crippen LogP contribution in [-0.4, -0.2) is 11.4 Å². The molecule has 2 aromatic carbocycles. The molecule has 1 aliphatic heterocycles. The van der Waals surface area contributed by atoms with Crippen molar-refractivity contribution in [3.63, 3.8) is 0 Å². The number of rotatable bonds is 3. The molecule has 1 atom stereocenters. The average Bonchev–Trinajstić information content (AvgIpc) is 2.78. The van der Waals surface area contributed by atoms with Gasteiger partial charge in [-0.25, -0.2) is 0 Å². The van der Waals surface area contributed by atoms with E-state index in [1.807, 2.05) is 30.3 Å². The van der Waals surface area contributed by atoms with Crippen molar-refractivity contribution in [2.24, 2.45) is 5.73 Å². The standard InChI is InChI=1S/C16H16Cl2N2/c17-13-6-5-11-9-20(16(8-19)14(11)7-13)10-12-3-1-2-4-15(12)18/h1-7,16H,8-10,19H2. The number of nitrogens with zero attached hydrogens (tertiary/aromatic N) is 1. The topological polar surface area (TPSA) is 29.3 Å². The smallest absolute Gasteiger partial charge is 0.0481 e. The highest BCUT2D eigenvalue weighted by molar-refractivity contribution is 6.31. The van der Waals surface area contributed by atoms with Gasteiger partial charge < -0.3 is 5.73 Å².